The molecule has 0 aromatic carbocycles. The lowest BCUT2D eigenvalue weighted by Crippen LogP contribution is -2.01. The molecule has 0 saturated heterocycles. The predicted octanol–water partition coefficient (Wildman–Crippen LogP) is 1.93. The molecule has 0 amide bonds. The number of halogens is 1. The fraction of sp³-hybridized carbons (Fsp3) is 0.400. The Kier molecular flexibility index (Phi) is 2.52. The van der Waals surface area contributed by atoms with Gasteiger partial charge in [-0.05, 0) is 12.5 Å². The molecule has 0 aliphatic heterocycles. The molecule has 1 aromatic rings. The fourth-order valence-corrected chi connectivity index (χ4v) is 1.83. The number of rotatable bonds is 3. The first-order valence-electron chi connectivity index (χ1n) is 4.56. The van der Waals surface area contributed by atoms with Crippen LogP contribution in [0.4, 0.5) is 0 Å². The largest absolute Gasteiger partial charge is 0.481 e. The number of hydrogen-bond donors (Lipinski definition) is 1. The smallest absolute Gasteiger partial charge is 0.307 e. The van der Waals surface area contributed by atoms with E-state index >= 15 is 0 Å². The zero-order valence-corrected chi connectivity index (χ0v) is 8.86. The molecule has 1 aliphatic carbocycles. The topological polar surface area (TPSA) is 59.4 Å². The van der Waals surface area contributed by atoms with Gasteiger partial charge in [0.25, 0.3) is 0 Å². The van der Waals surface area contributed by atoms with Crippen molar-refractivity contribution in [3.8, 4) is 5.88 Å². The van der Waals surface area contributed by atoms with E-state index in [9.17, 15) is 4.79 Å². The maximum atomic E-state index is 10.7. The van der Waals surface area contributed by atoms with Crippen LogP contribution in [0.15, 0.2) is 12.1 Å². The van der Waals surface area contributed by atoms with Crippen LogP contribution >= 0.6 is 11.6 Å². The van der Waals surface area contributed by atoms with E-state index in [1.54, 1.807) is 12.1 Å². The number of carbonyl (C=O) groups is 1. The Bertz CT molecular complexity index is 408. The van der Waals surface area contributed by atoms with Gasteiger partial charge in [0, 0.05) is 11.5 Å². The third-order valence-corrected chi connectivity index (χ3v) is 2.77. The summed E-state index contributed by atoms with van der Waals surface area (Å²) < 4.78 is 5.07. The van der Waals surface area contributed by atoms with Crippen LogP contribution in [0.2, 0.25) is 5.15 Å². The van der Waals surface area contributed by atoms with Gasteiger partial charge < -0.3 is 9.84 Å². The molecule has 2 atom stereocenters. The van der Waals surface area contributed by atoms with Crippen LogP contribution in [0.25, 0.3) is 0 Å². The van der Waals surface area contributed by atoms with E-state index in [2.05, 4.69) is 4.98 Å². The van der Waals surface area contributed by atoms with E-state index in [1.807, 2.05) is 0 Å². The molecule has 1 fully saturated rings. The van der Waals surface area contributed by atoms with E-state index in [0.717, 1.165) is 5.56 Å². The summed E-state index contributed by atoms with van der Waals surface area (Å²) in [5, 5.41) is 9.17. The molecular formula is C10H10ClNO3. The molecule has 15 heavy (non-hydrogen) atoms. The number of nitrogens with zero attached hydrogens (tertiary/aromatic N) is 1. The van der Waals surface area contributed by atoms with Crippen molar-refractivity contribution in [2.45, 2.75) is 12.3 Å². The summed E-state index contributed by atoms with van der Waals surface area (Å²) in [6.07, 6.45) is 0.648. The second-order valence-corrected chi connectivity index (χ2v) is 3.91. The number of aromatic nitrogens is 1. The summed E-state index contributed by atoms with van der Waals surface area (Å²) >= 11 is 5.71. The first-order valence-corrected chi connectivity index (χ1v) is 4.94. The van der Waals surface area contributed by atoms with Gasteiger partial charge in [-0.3, -0.25) is 4.79 Å². The Balaban J connectivity index is 2.26. The Hall–Kier alpha value is -1.29. The monoisotopic (exact) mass is 227 g/mol. The standard InChI is InChI=1S/C10H10ClNO3/c1-15-9-5(2-3-8(11)12-9)6-4-7(6)10(13)14/h2-3,6-7H,4H2,1H3,(H,13,14). The van der Waals surface area contributed by atoms with Gasteiger partial charge in [0.15, 0.2) is 0 Å². The molecule has 1 aliphatic rings. The number of pyridine rings is 1. The minimum Gasteiger partial charge on any atom is -0.481 e. The second kappa shape index (κ2) is 3.70. The molecule has 1 aromatic heterocycles. The van der Waals surface area contributed by atoms with Crippen molar-refractivity contribution in [3.63, 3.8) is 0 Å². The number of aliphatic carboxylic acids is 1. The highest BCUT2D eigenvalue weighted by Gasteiger charge is 2.45. The molecule has 2 rings (SSSR count). The Morgan fingerprint density at radius 3 is 2.93 bits per heavy atom. The van der Waals surface area contributed by atoms with E-state index in [1.165, 1.54) is 7.11 Å². The van der Waals surface area contributed by atoms with Crippen molar-refractivity contribution in [1.29, 1.82) is 0 Å². The van der Waals surface area contributed by atoms with Gasteiger partial charge >= 0.3 is 5.97 Å². The van der Waals surface area contributed by atoms with Crippen LogP contribution < -0.4 is 4.74 Å². The van der Waals surface area contributed by atoms with Crippen molar-refractivity contribution in [2.75, 3.05) is 7.11 Å². The SMILES string of the molecule is COc1nc(Cl)ccc1C1CC1C(=O)O. The molecular weight excluding hydrogens is 218 g/mol. The van der Waals surface area contributed by atoms with Crippen LogP contribution in [0, 0.1) is 5.92 Å². The summed E-state index contributed by atoms with van der Waals surface area (Å²) in [6.45, 7) is 0. The number of carboxylic acids is 1. The van der Waals surface area contributed by atoms with E-state index in [4.69, 9.17) is 21.4 Å². The lowest BCUT2D eigenvalue weighted by Gasteiger charge is -2.06. The maximum Gasteiger partial charge on any atom is 0.307 e. The van der Waals surface area contributed by atoms with Crippen LogP contribution in [-0.2, 0) is 4.79 Å². The van der Waals surface area contributed by atoms with Crippen molar-refractivity contribution >= 4 is 17.6 Å². The molecule has 1 saturated carbocycles. The quantitative estimate of drug-likeness (QED) is 0.802. The number of ether oxygens (including phenoxy) is 1. The van der Waals surface area contributed by atoms with Crippen LogP contribution in [-0.4, -0.2) is 23.2 Å². The van der Waals surface area contributed by atoms with Crippen molar-refractivity contribution in [2.24, 2.45) is 5.92 Å². The maximum absolute atomic E-state index is 10.7. The molecule has 0 bridgehead atoms. The molecule has 4 nitrogen and oxygen atoms in total. The minimum absolute atomic E-state index is 0.0159. The second-order valence-electron chi connectivity index (χ2n) is 3.52. The summed E-state index contributed by atoms with van der Waals surface area (Å²) in [5.41, 5.74) is 0.828. The first kappa shape index (κ1) is 10.2. The molecule has 0 spiro atoms. The van der Waals surface area contributed by atoms with Gasteiger partial charge in [0.05, 0.1) is 13.0 Å². The van der Waals surface area contributed by atoms with Gasteiger partial charge in [-0.25, -0.2) is 4.98 Å². The van der Waals surface area contributed by atoms with Gasteiger partial charge in [0.1, 0.15) is 5.15 Å². The molecule has 5 heteroatoms. The van der Waals surface area contributed by atoms with Crippen molar-refractivity contribution in [3.05, 3.63) is 22.8 Å². The molecule has 80 valence electrons. The third kappa shape index (κ3) is 1.90. The van der Waals surface area contributed by atoms with Crippen molar-refractivity contribution in [1.82, 2.24) is 4.98 Å². The third-order valence-electron chi connectivity index (χ3n) is 2.56. The van der Waals surface area contributed by atoms with Gasteiger partial charge in [-0.2, -0.15) is 0 Å². The van der Waals surface area contributed by atoms with Crippen molar-refractivity contribution < 1.29 is 14.6 Å². The summed E-state index contributed by atoms with van der Waals surface area (Å²) in [6, 6.07) is 3.43. The lowest BCUT2D eigenvalue weighted by molar-refractivity contribution is -0.138. The molecule has 2 unspecified atom stereocenters. The fourth-order valence-electron chi connectivity index (χ4n) is 1.69. The lowest BCUT2D eigenvalue weighted by atomic mass is 10.1. The van der Waals surface area contributed by atoms with Crippen LogP contribution in [0.5, 0.6) is 5.88 Å². The number of hydrogen-bond acceptors (Lipinski definition) is 3. The molecule has 1 N–H and O–H groups in total. The normalized spacial score (nSPS) is 23.6. The van der Waals surface area contributed by atoms with E-state index in [-0.39, 0.29) is 11.8 Å². The number of methoxy groups -OCH3 is 1. The number of carboxylic acid groups (broad SMARTS) is 1. The van der Waals surface area contributed by atoms with E-state index < -0.39 is 5.97 Å². The summed E-state index contributed by atoms with van der Waals surface area (Å²) in [4.78, 5) is 14.7. The van der Waals surface area contributed by atoms with Crippen LogP contribution in [0.3, 0.4) is 0 Å². The van der Waals surface area contributed by atoms with Gasteiger partial charge in [-0.15, -0.1) is 0 Å². The Morgan fingerprint density at radius 1 is 1.67 bits per heavy atom. The predicted molar refractivity (Wildman–Crippen MR) is 54.3 cm³/mol. The zero-order chi connectivity index (χ0) is 11.0. The zero-order valence-electron chi connectivity index (χ0n) is 8.11. The first-order chi connectivity index (χ1) is 7.13. The van der Waals surface area contributed by atoms with Gasteiger partial charge in [0.2, 0.25) is 5.88 Å². The Labute approximate surface area is 91.8 Å². The van der Waals surface area contributed by atoms with Gasteiger partial charge in [-0.1, -0.05) is 17.7 Å². The minimum atomic E-state index is -0.767. The van der Waals surface area contributed by atoms with E-state index in [0.29, 0.717) is 17.5 Å². The Morgan fingerprint density at radius 2 is 2.40 bits per heavy atom. The highest BCUT2D eigenvalue weighted by atomic mass is 35.5. The highest BCUT2D eigenvalue weighted by molar-refractivity contribution is 6.29. The average molecular weight is 228 g/mol. The molecule has 0 radical (unpaired) electrons. The molecule has 1 heterocycles. The summed E-state index contributed by atoms with van der Waals surface area (Å²) in [5.74, 6) is -0.627. The highest BCUT2D eigenvalue weighted by Crippen LogP contribution is 2.50. The summed E-state index contributed by atoms with van der Waals surface area (Å²) in [7, 11) is 1.50. The average Bonchev–Trinajstić information content (AvgIpc) is 2.97. The van der Waals surface area contributed by atoms with Crippen LogP contribution in [0.1, 0.15) is 17.9 Å².